The number of rotatable bonds is 3. The van der Waals surface area contributed by atoms with Crippen LogP contribution in [0.15, 0.2) is 46.9 Å². The Hall–Kier alpha value is -2.50. The molecule has 0 bridgehead atoms. The molecule has 1 fully saturated rings. The molecule has 0 spiro atoms. The van der Waals surface area contributed by atoms with Gasteiger partial charge in [0, 0.05) is 24.0 Å². The molecule has 1 saturated heterocycles. The van der Waals surface area contributed by atoms with E-state index in [0.29, 0.717) is 23.8 Å². The Bertz CT molecular complexity index is 961. The zero-order valence-corrected chi connectivity index (χ0v) is 15.2. The van der Waals surface area contributed by atoms with Gasteiger partial charge in [0.15, 0.2) is 11.3 Å². The van der Waals surface area contributed by atoms with Gasteiger partial charge in [0.05, 0.1) is 29.6 Å². The second kappa shape index (κ2) is 7.02. The van der Waals surface area contributed by atoms with Crippen molar-refractivity contribution >= 4 is 39.9 Å². The van der Waals surface area contributed by atoms with Crippen LogP contribution in [0.4, 0.5) is 11.4 Å². The topological polar surface area (TPSA) is 54.7 Å². The molecule has 0 saturated carbocycles. The minimum Gasteiger partial charge on any atom is -0.449 e. The Balaban J connectivity index is 1.65. The van der Waals surface area contributed by atoms with Gasteiger partial charge in [0.1, 0.15) is 0 Å². The molecular weight excluding hydrogens is 352 g/mol. The van der Waals surface area contributed by atoms with Crippen LogP contribution >= 0.6 is 11.6 Å². The van der Waals surface area contributed by atoms with Crippen LogP contribution in [0.1, 0.15) is 16.1 Å². The molecule has 1 aliphatic rings. The monoisotopic (exact) mass is 370 g/mol. The molecule has 0 aliphatic carbocycles. The first-order chi connectivity index (χ1) is 12.6. The highest BCUT2D eigenvalue weighted by Gasteiger charge is 2.21. The number of nitrogens with zero attached hydrogens (tertiary/aromatic N) is 1. The van der Waals surface area contributed by atoms with E-state index in [4.69, 9.17) is 20.8 Å². The van der Waals surface area contributed by atoms with Gasteiger partial charge in [-0.3, -0.25) is 4.79 Å². The predicted octanol–water partition coefficient (Wildman–Crippen LogP) is 4.48. The van der Waals surface area contributed by atoms with Crippen LogP contribution in [-0.2, 0) is 4.74 Å². The van der Waals surface area contributed by atoms with Gasteiger partial charge >= 0.3 is 0 Å². The summed E-state index contributed by atoms with van der Waals surface area (Å²) in [6.07, 6.45) is 0. The van der Waals surface area contributed by atoms with Gasteiger partial charge < -0.3 is 19.4 Å². The summed E-state index contributed by atoms with van der Waals surface area (Å²) in [5.41, 5.74) is 3.06. The third kappa shape index (κ3) is 3.04. The zero-order valence-electron chi connectivity index (χ0n) is 14.4. The summed E-state index contributed by atoms with van der Waals surface area (Å²) < 4.78 is 11.2. The van der Waals surface area contributed by atoms with Gasteiger partial charge in [-0.25, -0.2) is 0 Å². The summed E-state index contributed by atoms with van der Waals surface area (Å²) in [6, 6.07) is 13.3. The lowest BCUT2D eigenvalue weighted by molar-refractivity contribution is 0.0998. The maximum Gasteiger partial charge on any atom is 0.291 e. The van der Waals surface area contributed by atoms with Gasteiger partial charge in [-0.05, 0) is 25.1 Å². The fraction of sp³-hybridized carbons (Fsp3) is 0.250. The Morgan fingerprint density at radius 2 is 1.88 bits per heavy atom. The van der Waals surface area contributed by atoms with Crippen LogP contribution in [0.25, 0.3) is 11.0 Å². The molecule has 134 valence electrons. The molecule has 3 aromatic rings. The van der Waals surface area contributed by atoms with E-state index in [1.54, 1.807) is 6.07 Å². The van der Waals surface area contributed by atoms with E-state index in [-0.39, 0.29) is 11.7 Å². The number of nitrogens with one attached hydrogen (secondary N) is 1. The normalized spacial score (nSPS) is 14.6. The van der Waals surface area contributed by atoms with Crippen molar-refractivity contribution in [2.24, 2.45) is 0 Å². The molecule has 0 unspecified atom stereocenters. The zero-order chi connectivity index (χ0) is 18.1. The molecular formula is C20H19ClN2O3. The largest absolute Gasteiger partial charge is 0.449 e. The molecule has 0 radical (unpaired) electrons. The summed E-state index contributed by atoms with van der Waals surface area (Å²) in [5, 5.41) is 4.34. The van der Waals surface area contributed by atoms with Crippen molar-refractivity contribution in [1.29, 1.82) is 0 Å². The van der Waals surface area contributed by atoms with Gasteiger partial charge in [-0.2, -0.15) is 0 Å². The number of fused-ring (bicyclic) bond motifs is 1. The average Bonchev–Trinajstić information content (AvgIpc) is 3.01. The van der Waals surface area contributed by atoms with Gasteiger partial charge in [-0.1, -0.05) is 35.9 Å². The third-order valence-corrected chi connectivity index (χ3v) is 4.92. The molecule has 0 atom stereocenters. The highest BCUT2D eigenvalue weighted by atomic mass is 35.5. The van der Waals surface area contributed by atoms with Crippen molar-refractivity contribution in [2.45, 2.75) is 6.92 Å². The summed E-state index contributed by atoms with van der Waals surface area (Å²) in [5.74, 6) is 0.000330. The van der Waals surface area contributed by atoms with Crippen LogP contribution in [0.3, 0.4) is 0 Å². The van der Waals surface area contributed by atoms with Crippen molar-refractivity contribution in [2.75, 3.05) is 36.5 Å². The van der Waals surface area contributed by atoms with Gasteiger partial charge in [0.2, 0.25) is 0 Å². The SMILES string of the molecule is Cc1c(C(=O)Nc2ccccc2N2CCOCC2)oc2c(Cl)cccc12. The molecule has 2 aromatic carbocycles. The maximum absolute atomic E-state index is 12.9. The number of furan rings is 1. The number of carbonyl (C=O) groups is 1. The highest BCUT2D eigenvalue weighted by molar-refractivity contribution is 6.35. The molecule has 5 nitrogen and oxygen atoms in total. The summed E-state index contributed by atoms with van der Waals surface area (Å²) in [4.78, 5) is 15.1. The number of hydrogen-bond acceptors (Lipinski definition) is 4. The smallest absolute Gasteiger partial charge is 0.291 e. The van der Waals surface area contributed by atoms with Crippen molar-refractivity contribution in [3.63, 3.8) is 0 Å². The number of morpholine rings is 1. The fourth-order valence-corrected chi connectivity index (χ4v) is 3.48. The van der Waals surface area contributed by atoms with Crippen molar-refractivity contribution in [3.05, 3.63) is 58.8 Å². The number of halogens is 1. The average molecular weight is 371 g/mol. The minimum atomic E-state index is -0.282. The lowest BCUT2D eigenvalue weighted by Crippen LogP contribution is -2.36. The van der Waals surface area contributed by atoms with Crippen LogP contribution in [0.5, 0.6) is 0 Å². The molecule has 1 N–H and O–H groups in total. The van der Waals surface area contributed by atoms with E-state index in [9.17, 15) is 4.79 Å². The molecule has 2 heterocycles. The fourth-order valence-electron chi connectivity index (χ4n) is 3.26. The van der Waals surface area contributed by atoms with Gasteiger partial charge in [-0.15, -0.1) is 0 Å². The predicted molar refractivity (Wildman–Crippen MR) is 103 cm³/mol. The van der Waals surface area contributed by atoms with Crippen LogP contribution in [-0.4, -0.2) is 32.2 Å². The number of amides is 1. The number of ether oxygens (including phenoxy) is 1. The molecule has 1 amide bonds. The highest BCUT2D eigenvalue weighted by Crippen LogP contribution is 2.32. The second-order valence-corrected chi connectivity index (χ2v) is 6.65. The van der Waals surface area contributed by atoms with E-state index in [1.165, 1.54) is 0 Å². The number of anilines is 2. The molecule has 4 rings (SSSR count). The maximum atomic E-state index is 12.9. The summed E-state index contributed by atoms with van der Waals surface area (Å²) in [6.45, 7) is 4.83. The van der Waals surface area contributed by atoms with Crippen LogP contribution in [0, 0.1) is 6.92 Å². The first-order valence-corrected chi connectivity index (χ1v) is 8.93. The number of carbonyl (C=O) groups excluding carboxylic acids is 1. The van der Waals surface area contributed by atoms with E-state index >= 15 is 0 Å². The minimum absolute atomic E-state index is 0.282. The Morgan fingerprint density at radius 3 is 2.65 bits per heavy atom. The van der Waals surface area contributed by atoms with Crippen molar-refractivity contribution < 1.29 is 13.9 Å². The Kier molecular flexibility index (Phi) is 4.57. The first kappa shape index (κ1) is 16.9. The third-order valence-electron chi connectivity index (χ3n) is 4.63. The van der Waals surface area contributed by atoms with E-state index < -0.39 is 0 Å². The van der Waals surface area contributed by atoms with Crippen molar-refractivity contribution in [1.82, 2.24) is 0 Å². The number of para-hydroxylation sites is 3. The van der Waals surface area contributed by atoms with E-state index in [1.807, 2.05) is 43.3 Å². The molecule has 26 heavy (non-hydrogen) atoms. The molecule has 1 aromatic heterocycles. The quantitative estimate of drug-likeness (QED) is 0.738. The first-order valence-electron chi connectivity index (χ1n) is 8.56. The standard InChI is InChI=1S/C20H19ClN2O3/c1-13-14-5-4-6-15(21)19(14)26-18(13)20(24)22-16-7-2-3-8-17(16)23-9-11-25-12-10-23/h2-8H,9-12H2,1H3,(H,22,24). The van der Waals surface area contributed by atoms with Crippen LogP contribution < -0.4 is 10.2 Å². The Morgan fingerprint density at radius 1 is 1.12 bits per heavy atom. The number of hydrogen-bond donors (Lipinski definition) is 1. The van der Waals surface area contributed by atoms with Crippen LogP contribution in [0.2, 0.25) is 5.02 Å². The lowest BCUT2D eigenvalue weighted by Gasteiger charge is -2.30. The summed E-state index contributed by atoms with van der Waals surface area (Å²) in [7, 11) is 0. The van der Waals surface area contributed by atoms with E-state index in [0.717, 1.165) is 35.4 Å². The number of benzene rings is 2. The second-order valence-electron chi connectivity index (χ2n) is 6.24. The number of aryl methyl sites for hydroxylation is 1. The Labute approximate surface area is 156 Å². The summed E-state index contributed by atoms with van der Waals surface area (Å²) >= 11 is 6.19. The molecule has 1 aliphatic heterocycles. The van der Waals surface area contributed by atoms with Crippen molar-refractivity contribution in [3.8, 4) is 0 Å². The van der Waals surface area contributed by atoms with E-state index in [2.05, 4.69) is 10.2 Å². The van der Waals surface area contributed by atoms with Gasteiger partial charge in [0.25, 0.3) is 5.91 Å². The lowest BCUT2D eigenvalue weighted by atomic mass is 10.1. The molecule has 6 heteroatoms.